The summed E-state index contributed by atoms with van der Waals surface area (Å²) < 4.78 is 13.2. The molecule has 27 heavy (non-hydrogen) atoms. The molecule has 1 saturated heterocycles. The Kier molecular flexibility index (Phi) is 7.38. The van der Waals surface area contributed by atoms with Crippen LogP contribution in [0.4, 0.5) is 4.39 Å². The summed E-state index contributed by atoms with van der Waals surface area (Å²) in [5.74, 6) is 1.09. The molecule has 0 aliphatic carbocycles. The monoisotopic (exact) mass is 373 g/mol. The maximum absolute atomic E-state index is 13.2. The van der Waals surface area contributed by atoms with Gasteiger partial charge in [0.15, 0.2) is 0 Å². The predicted octanol–water partition coefficient (Wildman–Crippen LogP) is 1.60. The topological polar surface area (TPSA) is 74.5 Å². The molecule has 5 N–H and O–H groups in total. The van der Waals surface area contributed by atoms with Crippen LogP contribution in [0.3, 0.4) is 0 Å². The largest absolute Gasteiger partial charge is 0.384 e. The molecule has 2 aliphatic heterocycles. The smallest absolute Gasteiger partial charge is 0.123 e. The zero-order chi connectivity index (χ0) is 19.1. The molecule has 0 amide bonds. The molecule has 3 rings (SSSR count). The minimum atomic E-state index is -0.163. The van der Waals surface area contributed by atoms with Gasteiger partial charge in [0, 0.05) is 25.7 Å². The Morgan fingerprint density at radius 1 is 1.26 bits per heavy atom. The van der Waals surface area contributed by atoms with Gasteiger partial charge in [0.1, 0.15) is 11.7 Å². The molecule has 0 radical (unpaired) electrons. The van der Waals surface area contributed by atoms with Crippen molar-refractivity contribution in [2.24, 2.45) is 16.6 Å². The average Bonchev–Trinajstić information content (AvgIpc) is 3.04. The molecule has 0 spiro atoms. The molecule has 6 heteroatoms. The zero-order valence-corrected chi connectivity index (χ0v) is 16.2. The molecule has 0 bridgehead atoms. The first kappa shape index (κ1) is 20.0. The van der Waals surface area contributed by atoms with Gasteiger partial charge in [0.25, 0.3) is 0 Å². The van der Waals surface area contributed by atoms with Gasteiger partial charge in [-0.2, -0.15) is 0 Å². The van der Waals surface area contributed by atoms with Crippen LogP contribution < -0.4 is 21.7 Å². The van der Waals surface area contributed by atoms with Crippen molar-refractivity contribution >= 4 is 5.84 Å². The molecule has 1 aromatic rings. The maximum atomic E-state index is 13.2. The number of amidine groups is 1. The van der Waals surface area contributed by atoms with E-state index < -0.39 is 0 Å². The van der Waals surface area contributed by atoms with E-state index in [1.807, 2.05) is 12.1 Å². The fourth-order valence-corrected chi connectivity index (χ4v) is 4.08. The Morgan fingerprint density at radius 2 is 2.15 bits per heavy atom. The van der Waals surface area contributed by atoms with Crippen LogP contribution in [0.5, 0.6) is 0 Å². The standard InChI is InChI=1S/C21H32FN5/c1-15-9-19(27-21(23)10-15)12-17-13-25-14-20(17)26-8-7-24-6-5-16-3-2-4-18(22)11-16/h2-4,10-11,17,19-20,24-26H,5-9,12-14H2,1H3,(H2,23,27)/t17-,19?,20+/m0/s1. The van der Waals surface area contributed by atoms with Gasteiger partial charge >= 0.3 is 0 Å². The summed E-state index contributed by atoms with van der Waals surface area (Å²) >= 11 is 0. The number of dihydropyridines is 1. The third kappa shape index (κ3) is 6.41. The van der Waals surface area contributed by atoms with Gasteiger partial charge in [-0.3, -0.25) is 4.99 Å². The van der Waals surface area contributed by atoms with Gasteiger partial charge in [0.2, 0.25) is 0 Å². The number of nitrogens with one attached hydrogen (secondary N) is 3. The van der Waals surface area contributed by atoms with E-state index >= 15 is 0 Å². The van der Waals surface area contributed by atoms with Crippen molar-refractivity contribution in [3.05, 3.63) is 47.3 Å². The fraction of sp³-hybridized carbons (Fsp3) is 0.571. The molecule has 3 atom stereocenters. The molecule has 0 saturated carbocycles. The molecular weight excluding hydrogens is 341 g/mol. The first-order valence-corrected chi connectivity index (χ1v) is 10.00. The van der Waals surface area contributed by atoms with Crippen molar-refractivity contribution in [2.75, 3.05) is 32.7 Å². The second kappa shape index (κ2) is 9.97. The lowest BCUT2D eigenvalue weighted by atomic mass is 9.91. The van der Waals surface area contributed by atoms with Crippen LogP contribution in [-0.4, -0.2) is 50.6 Å². The highest BCUT2D eigenvalue weighted by Crippen LogP contribution is 2.23. The second-order valence-corrected chi connectivity index (χ2v) is 7.75. The van der Waals surface area contributed by atoms with E-state index in [2.05, 4.69) is 27.9 Å². The van der Waals surface area contributed by atoms with E-state index in [-0.39, 0.29) is 5.82 Å². The predicted molar refractivity (Wildman–Crippen MR) is 110 cm³/mol. The average molecular weight is 374 g/mol. The Bertz CT molecular complexity index is 672. The van der Waals surface area contributed by atoms with Crippen LogP contribution in [0, 0.1) is 11.7 Å². The normalized spacial score (nSPS) is 25.3. The molecule has 148 valence electrons. The Labute approximate surface area is 161 Å². The highest BCUT2D eigenvalue weighted by Gasteiger charge is 2.29. The van der Waals surface area contributed by atoms with Gasteiger partial charge in [0.05, 0.1) is 6.04 Å². The van der Waals surface area contributed by atoms with Crippen molar-refractivity contribution in [1.29, 1.82) is 0 Å². The van der Waals surface area contributed by atoms with Crippen LogP contribution >= 0.6 is 0 Å². The number of rotatable bonds is 9. The van der Waals surface area contributed by atoms with Gasteiger partial charge in [-0.05, 0) is 69.0 Å². The number of aliphatic imine (C=N–C) groups is 1. The van der Waals surface area contributed by atoms with Crippen molar-refractivity contribution in [2.45, 2.75) is 38.3 Å². The zero-order valence-electron chi connectivity index (χ0n) is 16.2. The van der Waals surface area contributed by atoms with Gasteiger partial charge in [-0.1, -0.05) is 17.7 Å². The van der Waals surface area contributed by atoms with Crippen molar-refractivity contribution < 1.29 is 4.39 Å². The van der Waals surface area contributed by atoms with E-state index in [1.54, 1.807) is 12.1 Å². The number of nitrogens with zero attached hydrogens (tertiary/aromatic N) is 1. The van der Waals surface area contributed by atoms with Gasteiger partial charge in [-0.25, -0.2) is 4.39 Å². The molecule has 2 aliphatic rings. The summed E-state index contributed by atoms with van der Waals surface area (Å²) in [4.78, 5) is 4.61. The lowest BCUT2D eigenvalue weighted by Gasteiger charge is -2.25. The Morgan fingerprint density at radius 3 is 2.96 bits per heavy atom. The van der Waals surface area contributed by atoms with E-state index in [1.165, 1.54) is 11.6 Å². The first-order valence-electron chi connectivity index (χ1n) is 10.00. The number of nitrogens with two attached hydrogens (primary N) is 1. The molecular formula is C21H32FN5. The minimum absolute atomic E-state index is 0.163. The number of hydrogen-bond acceptors (Lipinski definition) is 5. The van der Waals surface area contributed by atoms with Crippen molar-refractivity contribution in [3.63, 3.8) is 0 Å². The molecule has 1 aromatic carbocycles. The summed E-state index contributed by atoms with van der Waals surface area (Å²) in [5.41, 5.74) is 8.27. The third-order valence-corrected chi connectivity index (χ3v) is 5.39. The summed E-state index contributed by atoms with van der Waals surface area (Å²) in [7, 11) is 0. The van der Waals surface area contributed by atoms with Crippen LogP contribution in [0.2, 0.25) is 0 Å². The molecule has 5 nitrogen and oxygen atoms in total. The van der Waals surface area contributed by atoms with Gasteiger partial charge < -0.3 is 21.7 Å². The van der Waals surface area contributed by atoms with E-state index in [9.17, 15) is 4.39 Å². The molecule has 1 fully saturated rings. The number of hydrogen-bond donors (Lipinski definition) is 4. The molecule has 1 unspecified atom stereocenters. The summed E-state index contributed by atoms with van der Waals surface area (Å²) in [5, 5.41) is 10.6. The third-order valence-electron chi connectivity index (χ3n) is 5.39. The van der Waals surface area contributed by atoms with Crippen LogP contribution in [0.15, 0.2) is 40.9 Å². The molecule has 2 heterocycles. The SMILES string of the molecule is CC1=CC(N)=NC(C[C@H]2CNC[C@H]2NCCNCCc2cccc(F)c2)C1. The highest BCUT2D eigenvalue weighted by atomic mass is 19.1. The maximum Gasteiger partial charge on any atom is 0.123 e. The summed E-state index contributed by atoms with van der Waals surface area (Å²) in [6.45, 7) is 6.88. The molecule has 0 aromatic heterocycles. The summed E-state index contributed by atoms with van der Waals surface area (Å²) in [6.07, 6.45) is 4.92. The fourth-order valence-electron chi connectivity index (χ4n) is 4.08. The first-order chi connectivity index (χ1) is 13.1. The second-order valence-electron chi connectivity index (χ2n) is 7.75. The quantitative estimate of drug-likeness (QED) is 0.496. The van der Waals surface area contributed by atoms with E-state index in [4.69, 9.17) is 5.73 Å². The van der Waals surface area contributed by atoms with Crippen LogP contribution in [0.1, 0.15) is 25.3 Å². The minimum Gasteiger partial charge on any atom is -0.384 e. The van der Waals surface area contributed by atoms with Gasteiger partial charge in [-0.15, -0.1) is 0 Å². The Balaban J connectivity index is 1.32. The highest BCUT2D eigenvalue weighted by molar-refractivity contribution is 5.92. The van der Waals surface area contributed by atoms with Crippen LogP contribution in [0.25, 0.3) is 0 Å². The lowest BCUT2D eigenvalue weighted by molar-refractivity contribution is 0.373. The van der Waals surface area contributed by atoms with Crippen molar-refractivity contribution in [3.8, 4) is 0 Å². The summed E-state index contributed by atoms with van der Waals surface area (Å²) in [6, 6.07) is 7.62. The van der Waals surface area contributed by atoms with E-state index in [0.717, 1.165) is 57.5 Å². The van der Waals surface area contributed by atoms with Crippen molar-refractivity contribution in [1.82, 2.24) is 16.0 Å². The Hall–Kier alpha value is -1.76. The number of halogens is 1. The van der Waals surface area contributed by atoms with Crippen LogP contribution in [-0.2, 0) is 6.42 Å². The van der Waals surface area contributed by atoms with E-state index in [0.29, 0.717) is 23.8 Å². The number of benzene rings is 1. The lowest BCUT2D eigenvalue weighted by Crippen LogP contribution is -2.41.